The van der Waals surface area contributed by atoms with Gasteiger partial charge in [-0.05, 0) is 47.9 Å². The van der Waals surface area contributed by atoms with E-state index in [9.17, 15) is 18.0 Å². The van der Waals surface area contributed by atoms with Crippen LogP contribution in [0.5, 0.6) is 11.5 Å². The summed E-state index contributed by atoms with van der Waals surface area (Å²) < 4.78 is 50.6. The fraction of sp³-hybridized carbons (Fsp3) is 0.176. The molecule has 0 saturated heterocycles. The zero-order valence-electron chi connectivity index (χ0n) is 13.8. The first kappa shape index (κ1) is 18.0. The molecule has 9 heteroatoms. The van der Waals surface area contributed by atoms with Crippen molar-refractivity contribution < 1.29 is 22.7 Å². The van der Waals surface area contributed by atoms with Crippen molar-refractivity contribution in [3.8, 4) is 11.5 Å². The monoisotopic (exact) mass is 381 g/mol. The summed E-state index contributed by atoms with van der Waals surface area (Å²) in [5.41, 5.74) is -0.946. The van der Waals surface area contributed by atoms with Crippen molar-refractivity contribution in [1.29, 1.82) is 0 Å². The Bertz CT molecular complexity index is 954. The number of nitrogens with zero attached hydrogens (tertiary/aromatic N) is 2. The predicted molar refractivity (Wildman–Crippen MR) is 93.8 cm³/mol. The fourth-order valence-corrected chi connectivity index (χ4v) is 2.82. The number of hydrogen-bond donors (Lipinski definition) is 1. The molecule has 26 heavy (non-hydrogen) atoms. The minimum absolute atomic E-state index is 0.0286. The topological polar surface area (TPSA) is 54.5 Å². The Morgan fingerprint density at radius 1 is 1.19 bits per heavy atom. The molecule has 1 aromatic heterocycles. The second-order valence-corrected chi connectivity index (χ2v) is 6.49. The molecule has 0 unspecified atom stereocenters. The summed E-state index contributed by atoms with van der Waals surface area (Å²) in [6.45, 7) is 0. The minimum atomic E-state index is -4.64. The number of carbonyl (C=O) groups excluding carboxylic acids is 1. The number of benzene rings is 2. The highest BCUT2D eigenvalue weighted by atomic mass is 32.1. The van der Waals surface area contributed by atoms with Crippen molar-refractivity contribution in [2.45, 2.75) is 6.18 Å². The lowest BCUT2D eigenvalue weighted by Gasteiger charge is -2.17. The highest BCUT2D eigenvalue weighted by Gasteiger charge is 2.35. The van der Waals surface area contributed by atoms with Crippen LogP contribution < -0.4 is 10.1 Å². The number of aromatic nitrogens is 1. The number of halogens is 3. The number of carbonyl (C=O) groups is 1. The van der Waals surface area contributed by atoms with Crippen LogP contribution in [0.25, 0.3) is 10.1 Å². The Hall–Kier alpha value is -2.81. The van der Waals surface area contributed by atoms with E-state index in [1.54, 1.807) is 24.4 Å². The van der Waals surface area contributed by atoms with E-state index in [0.29, 0.717) is 0 Å². The van der Waals surface area contributed by atoms with Crippen LogP contribution in [0.4, 0.5) is 23.7 Å². The van der Waals surface area contributed by atoms with Crippen molar-refractivity contribution >= 4 is 33.3 Å². The summed E-state index contributed by atoms with van der Waals surface area (Å²) in [6, 6.07) is 7.81. The van der Waals surface area contributed by atoms with E-state index in [2.05, 4.69) is 9.69 Å². The minimum Gasteiger partial charge on any atom is -0.457 e. The zero-order valence-corrected chi connectivity index (χ0v) is 14.6. The van der Waals surface area contributed by atoms with Crippen LogP contribution in [0.2, 0.25) is 0 Å². The number of fused-ring (bicyclic) bond motifs is 1. The number of urea groups is 1. The van der Waals surface area contributed by atoms with Gasteiger partial charge >= 0.3 is 12.2 Å². The van der Waals surface area contributed by atoms with Crippen molar-refractivity contribution in [3.63, 3.8) is 0 Å². The fourth-order valence-electron chi connectivity index (χ4n) is 2.19. The quantitative estimate of drug-likeness (QED) is 0.678. The summed E-state index contributed by atoms with van der Waals surface area (Å²) in [5, 5.41) is 3.18. The lowest BCUT2D eigenvalue weighted by molar-refractivity contribution is -0.138. The van der Waals surface area contributed by atoms with E-state index in [0.717, 1.165) is 16.2 Å². The van der Waals surface area contributed by atoms with Crippen LogP contribution in [-0.4, -0.2) is 29.4 Å². The van der Waals surface area contributed by atoms with Crippen molar-refractivity contribution in [3.05, 3.63) is 48.2 Å². The van der Waals surface area contributed by atoms with E-state index in [-0.39, 0.29) is 17.2 Å². The molecule has 0 bridgehead atoms. The van der Waals surface area contributed by atoms with Crippen molar-refractivity contribution in [2.75, 3.05) is 19.4 Å². The Labute approximate surface area is 151 Å². The smallest absolute Gasteiger partial charge is 0.420 e. The Balaban J connectivity index is 1.93. The SMILES string of the molecule is CN(C)C(=O)Nc1ccc(Oc2ccc3sncc3c2)c(C(F)(F)F)c1. The second-order valence-electron chi connectivity index (χ2n) is 5.66. The highest BCUT2D eigenvalue weighted by molar-refractivity contribution is 7.13. The third kappa shape index (κ3) is 3.88. The van der Waals surface area contributed by atoms with E-state index < -0.39 is 17.8 Å². The predicted octanol–water partition coefficient (Wildman–Crippen LogP) is 5.20. The lowest BCUT2D eigenvalue weighted by Crippen LogP contribution is -2.27. The van der Waals surface area contributed by atoms with Gasteiger partial charge in [0.05, 0.1) is 4.70 Å². The summed E-state index contributed by atoms with van der Waals surface area (Å²) in [5.74, 6) is -0.0730. The van der Waals surface area contributed by atoms with Crippen LogP contribution in [0.1, 0.15) is 5.56 Å². The molecule has 0 aliphatic carbocycles. The molecule has 5 nitrogen and oxygen atoms in total. The van der Waals surface area contributed by atoms with Gasteiger partial charge in [-0.1, -0.05) is 0 Å². The maximum atomic E-state index is 13.4. The molecule has 0 spiro atoms. The van der Waals surface area contributed by atoms with Crippen LogP contribution in [0.3, 0.4) is 0 Å². The van der Waals surface area contributed by atoms with Gasteiger partial charge in [-0.25, -0.2) is 4.79 Å². The third-order valence-electron chi connectivity index (χ3n) is 3.49. The van der Waals surface area contributed by atoms with Gasteiger partial charge in [0.15, 0.2) is 0 Å². The number of nitrogens with one attached hydrogen (secondary N) is 1. The number of alkyl halides is 3. The lowest BCUT2D eigenvalue weighted by atomic mass is 10.1. The van der Waals surface area contributed by atoms with Crippen LogP contribution in [0, 0.1) is 0 Å². The van der Waals surface area contributed by atoms with Crippen LogP contribution in [0.15, 0.2) is 42.6 Å². The average Bonchev–Trinajstić information content (AvgIpc) is 3.02. The van der Waals surface area contributed by atoms with Crippen LogP contribution in [-0.2, 0) is 6.18 Å². The first-order valence-corrected chi connectivity index (χ1v) is 8.23. The van der Waals surface area contributed by atoms with E-state index in [4.69, 9.17) is 4.74 Å². The van der Waals surface area contributed by atoms with Gasteiger partial charge in [0.1, 0.15) is 17.1 Å². The van der Waals surface area contributed by atoms with Gasteiger partial charge in [0.2, 0.25) is 0 Å². The molecule has 0 saturated carbocycles. The Kier molecular flexibility index (Phi) is 4.73. The van der Waals surface area contributed by atoms with E-state index in [1.807, 2.05) is 0 Å². The Morgan fingerprint density at radius 2 is 1.96 bits per heavy atom. The second kappa shape index (κ2) is 6.83. The first-order chi connectivity index (χ1) is 12.2. The normalized spacial score (nSPS) is 11.4. The molecular formula is C17H14F3N3O2S. The van der Waals surface area contributed by atoms with Gasteiger partial charge < -0.3 is 15.0 Å². The number of rotatable bonds is 3. The molecule has 0 radical (unpaired) electrons. The largest absolute Gasteiger partial charge is 0.457 e. The number of anilines is 1. The van der Waals surface area contributed by atoms with Gasteiger partial charge in [-0.15, -0.1) is 0 Å². The van der Waals surface area contributed by atoms with E-state index in [1.165, 1.54) is 42.7 Å². The van der Waals surface area contributed by atoms with Gasteiger partial charge in [0, 0.05) is 31.4 Å². The molecule has 3 aromatic rings. The molecule has 1 N–H and O–H groups in total. The van der Waals surface area contributed by atoms with Crippen molar-refractivity contribution in [1.82, 2.24) is 9.27 Å². The summed E-state index contributed by atoms with van der Waals surface area (Å²) in [4.78, 5) is 12.9. The highest BCUT2D eigenvalue weighted by Crippen LogP contribution is 2.40. The van der Waals surface area contributed by atoms with Gasteiger partial charge in [-0.2, -0.15) is 17.5 Å². The zero-order chi connectivity index (χ0) is 18.9. The standard InChI is InChI=1S/C17H14F3N3O2S/c1-23(2)16(24)22-11-3-5-14(13(8-11)17(18,19)20)25-12-4-6-15-10(7-12)9-21-26-15/h3-9H,1-2H3,(H,22,24). The third-order valence-corrected chi connectivity index (χ3v) is 4.27. The molecular weight excluding hydrogens is 367 g/mol. The molecule has 3 rings (SSSR count). The number of ether oxygens (including phenoxy) is 1. The van der Waals surface area contributed by atoms with Gasteiger partial charge in [-0.3, -0.25) is 0 Å². The first-order valence-electron chi connectivity index (χ1n) is 7.46. The molecule has 136 valence electrons. The molecule has 0 atom stereocenters. The summed E-state index contributed by atoms with van der Waals surface area (Å²) in [6.07, 6.45) is -3.01. The molecule has 0 aliphatic rings. The van der Waals surface area contributed by atoms with E-state index >= 15 is 0 Å². The molecule has 0 fully saturated rings. The van der Waals surface area contributed by atoms with Crippen LogP contribution >= 0.6 is 11.5 Å². The summed E-state index contributed by atoms with van der Waals surface area (Å²) >= 11 is 1.29. The maximum absolute atomic E-state index is 13.4. The molecule has 2 aromatic carbocycles. The molecule has 0 aliphatic heterocycles. The van der Waals surface area contributed by atoms with Crippen molar-refractivity contribution in [2.24, 2.45) is 0 Å². The maximum Gasteiger partial charge on any atom is 0.420 e. The number of amides is 2. The summed E-state index contributed by atoms with van der Waals surface area (Å²) in [7, 11) is 2.99. The number of hydrogen-bond acceptors (Lipinski definition) is 4. The molecule has 2 amide bonds. The van der Waals surface area contributed by atoms with Gasteiger partial charge in [0.25, 0.3) is 0 Å². The average molecular weight is 381 g/mol. The molecule has 1 heterocycles. The Morgan fingerprint density at radius 3 is 2.65 bits per heavy atom.